The molecule has 1 aliphatic carbocycles. The van der Waals surface area contributed by atoms with Crippen molar-refractivity contribution in [2.24, 2.45) is 5.92 Å². The quantitative estimate of drug-likeness (QED) is 0.868. The third kappa shape index (κ3) is 2.40. The van der Waals surface area contributed by atoms with E-state index in [2.05, 4.69) is 4.98 Å². The van der Waals surface area contributed by atoms with E-state index in [0.717, 1.165) is 47.7 Å². The van der Waals surface area contributed by atoms with E-state index in [-0.39, 0.29) is 17.7 Å². The number of amides is 1. The van der Waals surface area contributed by atoms with Crippen molar-refractivity contribution in [2.45, 2.75) is 18.8 Å². The zero-order valence-corrected chi connectivity index (χ0v) is 13.9. The van der Waals surface area contributed by atoms with Crippen LogP contribution in [0.5, 0.6) is 11.5 Å². The van der Waals surface area contributed by atoms with E-state index in [1.165, 1.54) is 0 Å². The van der Waals surface area contributed by atoms with E-state index >= 15 is 0 Å². The molecular weight excluding hydrogens is 304 g/mol. The molecule has 24 heavy (non-hydrogen) atoms. The molecule has 1 aliphatic heterocycles. The van der Waals surface area contributed by atoms with E-state index < -0.39 is 0 Å². The smallest absolute Gasteiger partial charge is 0.230 e. The predicted molar refractivity (Wildman–Crippen MR) is 90.7 cm³/mol. The summed E-state index contributed by atoms with van der Waals surface area (Å²) in [5.41, 5.74) is 3.23. The summed E-state index contributed by atoms with van der Waals surface area (Å²) in [5, 5.41) is 0. The maximum absolute atomic E-state index is 12.9. The normalized spacial score (nSPS) is 21.3. The van der Waals surface area contributed by atoms with E-state index in [1.54, 1.807) is 20.4 Å². The van der Waals surface area contributed by atoms with Gasteiger partial charge in [0.25, 0.3) is 0 Å². The fourth-order valence-electron chi connectivity index (χ4n) is 3.60. The molecule has 5 heteroatoms. The van der Waals surface area contributed by atoms with Crippen LogP contribution in [0, 0.1) is 5.92 Å². The third-order valence-corrected chi connectivity index (χ3v) is 4.98. The lowest BCUT2D eigenvalue weighted by Crippen LogP contribution is -2.30. The predicted octanol–water partition coefficient (Wildman–Crippen LogP) is 2.79. The number of benzene rings is 1. The molecule has 1 fully saturated rings. The second-order valence-corrected chi connectivity index (χ2v) is 6.30. The molecule has 1 aromatic heterocycles. The van der Waals surface area contributed by atoms with Crippen LogP contribution in [-0.4, -0.2) is 31.7 Å². The van der Waals surface area contributed by atoms with Gasteiger partial charge in [0.1, 0.15) is 11.5 Å². The number of methoxy groups -OCH3 is 2. The van der Waals surface area contributed by atoms with Gasteiger partial charge in [-0.25, -0.2) is 0 Å². The summed E-state index contributed by atoms with van der Waals surface area (Å²) in [5.74, 6) is 2.04. The Morgan fingerprint density at radius 2 is 2.12 bits per heavy atom. The highest BCUT2D eigenvalue weighted by Gasteiger charge is 2.48. The van der Waals surface area contributed by atoms with E-state index in [0.29, 0.717) is 0 Å². The summed E-state index contributed by atoms with van der Waals surface area (Å²) < 4.78 is 10.8. The topological polar surface area (TPSA) is 51.7 Å². The minimum absolute atomic E-state index is 0.0186. The van der Waals surface area contributed by atoms with Crippen molar-refractivity contribution in [3.05, 3.63) is 47.8 Å². The Labute approximate surface area is 141 Å². The number of anilines is 1. The Kier molecular flexibility index (Phi) is 3.63. The van der Waals surface area contributed by atoms with Crippen LogP contribution < -0.4 is 14.4 Å². The Balaban J connectivity index is 1.56. The third-order valence-electron chi connectivity index (χ3n) is 4.98. The minimum Gasteiger partial charge on any atom is -0.497 e. The maximum atomic E-state index is 12.9. The molecule has 1 amide bonds. The van der Waals surface area contributed by atoms with Gasteiger partial charge in [0.2, 0.25) is 5.91 Å². The van der Waals surface area contributed by atoms with Crippen LogP contribution in [0.4, 0.5) is 5.69 Å². The van der Waals surface area contributed by atoms with Crippen molar-refractivity contribution in [2.75, 3.05) is 25.7 Å². The summed E-state index contributed by atoms with van der Waals surface area (Å²) in [4.78, 5) is 19.0. The Morgan fingerprint density at radius 1 is 1.25 bits per heavy atom. The molecule has 4 rings (SSSR count). The van der Waals surface area contributed by atoms with Crippen molar-refractivity contribution in [1.82, 2.24) is 4.98 Å². The average molecular weight is 324 g/mol. The number of nitrogens with zero attached hydrogens (tertiary/aromatic N) is 2. The van der Waals surface area contributed by atoms with Crippen LogP contribution >= 0.6 is 0 Å². The van der Waals surface area contributed by atoms with E-state index in [9.17, 15) is 4.79 Å². The molecule has 0 spiro atoms. The number of carbonyl (C=O) groups excluding carboxylic acids is 1. The van der Waals surface area contributed by atoms with Gasteiger partial charge < -0.3 is 14.4 Å². The van der Waals surface area contributed by atoms with Gasteiger partial charge in [-0.15, -0.1) is 0 Å². The highest BCUT2D eigenvalue weighted by atomic mass is 16.5. The zero-order valence-electron chi connectivity index (χ0n) is 13.9. The molecule has 0 radical (unpaired) electrons. The SMILES string of the molecule is COc1ccc(OC)c([C@@H]2C[C@@H]2C(=O)N2CCc3cnccc32)c1. The van der Waals surface area contributed by atoms with Crippen molar-refractivity contribution >= 4 is 11.6 Å². The molecule has 2 atom stereocenters. The molecule has 2 aliphatic rings. The first-order chi connectivity index (χ1) is 11.7. The first-order valence-corrected chi connectivity index (χ1v) is 8.19. The van der Waals surface area contributed by atoms with Crippen LogP contribution in [0.15, 0.2) is 36.7 Å². The molecule has 124 valence electrons. The molecule has 2 heterocycles. The lowest BCUT2D eigenvalue weighted by molar-refractivity contribution is -0.119. The molecule has 0 saturated heterocycles. The van der Waals surface area contributed by atoms with Gasteiger partial charge in [-0.3, -0.25) is 9.78 Å². The van der Waals surface area contributed by atoms with Crippen molar-refractivity contribution < 1.29 is 14.3 Å². The van der Waals surface area contributed by atoms with E-state index in [1.807, 2.05) is 35.4 Å². The summed E-state index contributed by atoms with van der Waals surface area (Å²) in [6, 6.07) is 7.71. The zero-order chi connectivity index (χ0) is 16.7. The summed E-state index contributed by atoms with van der Waals surface area (Å²) >= 11 is 0. The number of aromatic nitrogens is 1. The highest BCUT2D eigenvalue weighted by molar-refractivity contribution is 5.99. The molecule has 0 unspecified atom stereocenters. The molecule has 2 aromatic rings. The molecule has 0 bridgehead atoms. The van der Waals surface area contributed by atoms with Crippen LogP contribution in [-0.2, 0) is 11.2 Å². The molecular formula is C19H20N2O3. The Bertz CT molecular complexity index is 790. The first kappa shape index (κ1) is 15.0. The molecule has 5 nitrogen and oxygen atoms in total. The van der Waals surface area contributed by atoms with Gasteiger partial charge >= 0.3 is 0 Å². The maximum Gasteiger partial charge on any atom is 0.230 e. The van der Waals surface area contributed by atoms with Gasteiger partial charge in [0.15, 0.2) is 0 Å². The monoisotopic (exact) mass is 324 g/mol. The number of hydrogen-bond acceptors (Lipinski definition) is 4. The van der Waals surface area contributed by atoms with Gasteiger partial charge in [-0.2, -0.15) is 0 Å². The molecule has 0 N–H and O–H groups in total. The van der Waals surface area contributed by atoms with Crippen molar-refractivity contribution in [1.29, 1.82) is 0 Å². The van der Waals surface area contributed by atoms with Gasteiger partial charge in [-0.1, -0.05) is 0 Å². The lowest BCUT2D eigenvalue weighted by atomic mass is 10.1. The van der Waals surface area contributed by atoms with E-state index in [4.69, 9.17) is 9.47 Å². The summed E-state index contributed by atoms with van der Waals surface area (Å²) in [6.45, 7) is 0.748. The van der Waals surface area contributed by atoms with Crippen molar-refractivity contribution in [3.8, 4) is 11.5 Å². The standard InChI is InChI=1S/C19H20N2O3/c1-23-13-3-4-18(24-2)15(9-13)14-10-16(14)19(22)21-8-6-12-11-20-7-5-17(12)21/h3-5,7,9,11,14,16H,6,8,10H2,1-2H3/t14-,16-/m0/s1. The number of fused-ring (bicyclic) bond motifs is 1. The van der Waals surface area contributed by atoms with Gasteiger partial charge in [0, 0.05) is 42.0 Å². The molecule has 1 aromatic carbocycles. The number of pyridine rings is 1. The van der Waals surface area contributed by atoms with Gasteiger partial charge in [0.05, 0.1) is 14.2 Å². The van der Waals surface area contributed by atoms with Gasteiger partial charge in [-0.05, 0) is 42.7 Å². The minimum atomic E-state index is 0.0186. The number of hydrogen-bond donors (Lipinski definition) is 0. The fraction of sp³-hybridized carbons (Fsp3) is 0.368. The number of carbonyl (C=O) groups is 1. The van der Waals surface area contributed by atoms with Crippen LogP contribution in [0.2, 0.25) is 0 Å². The molecule has 1 saturated carbocycles. The summed E-state index contributed by atoms with van der Waals surface area (Å²) in [6.07, 6.45) is 5.35. The fourth-order valence-corrected chi connectivity index (χ4v) is 3.60. The summed E-state index contributed by atoms with van der Waals surface area (Å²) in [7, 11) is 3.31. The second kappa shape index (κ2) is 5.82. The Morgan fingerprint density at radius 3 is 2.92 bits per heavy atom. The lowest BCUT2D eigenvalue weighted by Gasteiger charge is -2.17. The van der Waals surface area contributed by atoms with Crippen LogP contribution in [0.3, 0.4) is 0 Å². The van der Waals surface area contributed by atoms with Crippen molar-refractivity contribution in [3.63, 3.8) is 0 Å². The second-order valence-electron chi connectivity index (χ2n) is 6.30. The number of rotatable bonds is 4. The van der Waals surface area contributed by atoms with Crippen LogP contribution in [0.25, 0.3) is 0 Å². The van der Waals surface area contributed by atoms with Crippen LogP contribution in [0.1, 0.15) is 23.5 Å². The highest BCUT2D eigenvalue weighted by Crippen LogP contribution is 2.52. The Hall–Kier alpha value is -2.56. The largest absolute Gasteiger partial charge is 0.497 e. The number of ether oxygens (including phenoxy) is 2. The first-order valence-electron chi connectivity index (χ1n) is 8.19. The average Bonchev–Trinajstić information content (AvgIpc) is 3.32.